The van der Waals surface area contributed by atoms with E-state index in [0.717, 1.165) is 18.6 Å². The number of nitrogens with zero attached hydrogens (tertiary/aromatic N) is 1. The monoisotopic (exact) mass is 296 g/mol. The van der Waals surface area contributed by atoms with E-state index in [9.17, 15) is 4.79 Å². The van der Waals surface area contributed by atoms with Gasteiger partial charge in [0.2, 0.25) is 5.89 Å². The molecule has 2 unspecified atom stereocenters. The quantitative estimate of drug-likeness (QED) is 0.769. The maximum atomic E-state index is 10.7. The highest BCUT2D eigenvalue weighted by atomic mass is 16.4. The van der Waals surface area contributed by atoms with E-state index in [-0.39, 0.29) is 11.3 Å². The summed E-state index contributed by atoms with van der Waals surface area (Å²) < 4.78 is 5.72. The zero-order valence-electron chi connectivity index (χ0n) is 13.8. The molecule has 0 fully saturated rings. The molecular weight excluding hydrogens is 268 g/mol. The van der Waals surface area contributed by atoms with E-state index in [1.807, 2.05) is 0 Å². The van der Waals surface area contributed by atoms with Gasteiger partial charge in [-0.05, 0) is 19.8 Å². The lowest BCUT2D eigenvalue weighted by molar-refractivity contribution is -0.141. The third kappa shape index (κ3) is 6.29. The molecule has 2 atom stereocenters. The van der Waals surface area contributed by atoms with Gasteiger partial charge in [-0.2, -0.15) is 0 Å². The van der Waals surface area contributed by atoms with Crippen LogP contribution in [0.15, 0.2) is 10.6 Å². The molecule has 1 heterocycles. The van der Waals surface area contributed by atoms with Crippen molar-refractivity contribution in [2.75, 3.05) is 0 Å². The number of carboxylic acid groups (broad SMARTS) is 1. The normalized spacial score (nSPS) is 14.9. The van der Waals surface area contributed by atoms with Crippen LogP contribution in [0.1, 0.15) is 65.5 Å². The molecular formula is C16H28N2O3. The van der Waals surface area contributed by atoms with Crippen LogP contribution in [0.2, 0.25) is 0 Å². The summed E-state index contributed by atoms with van der Waals surface area (Å²) in [5.74, 6) is 0.608. The number of hydrogen-bond donors (Lipinski definition) is 2. The van der Waals surface area contributed by atoms with Gasteiger partial charge < -0.3 is 14.8 Å². The van der Waals surface area contributed by atoms with Gasteiger partial charge in [-0.1, -0.05) is 34.1 Å². The molecule has 21 heavy (non-hydrogen) atoms. The highest BCUT2D eigenvalue weighted by Gasteiger charge is 2.19. The van der Waals surface area contributed by atoms with Crippen LogP contribution in [0.3, 0.4) is 0 Å². The Bertz CT molecular complexity index is 449. The lowest BCUT2D eigenvalue weighted by atomic mass is 9.94. The maximum Gasteiger partial charge on any atom is 0.306 e. The zero-order valence-corrected chi connectivity index (χ0v) is 13.8. The third-order valence-electron chi connectivity index (χ3n) is 3.59. The van der Waals surface area contributed by atoms with Crippen LogP contribution < -0.4 is 5.32 Å². The Kier molecular flexibility index (Phi) is 6.40. The maximum absolute atomic E-state index is 10.7. The minimum absolute atomic E-state index is 0.0240. The highest BCUT2D eigenvalue weighted by molar-refractivity contribution is 5.69. The highest BCUT2D eigenvalue weighted by Crippen LogP contribution is 2.22. The zero-order chi connectivity index (χ0) is 16.0. The summed E-state index contributed by atoms with van der Waals surface area (Å²) >= 11 is 0. The number of rotatable bonds is 8. The predicted molar refractivity (Wildman–Crippen MR) is 82.2 cm³/mol. The molecule has 1 rings (SSSR count). The molecule has 0 saturated heterocycles. The van der Waals surface area contributed by atoms with Crippen molar-refractivity contribution < 1.29 is 14.3 Å². The molecule has 0 radical (unpaired) electrons. The summed E-state index contributed by atoms with van der Waals surface area (Å²) in [6.45, 7) is 10.7. The summed E-state index contributed by atoms with van der Waals surface area (Å²) in [5.41, 5.74) is -0.0240. The summed E-state index contributed by atoms with van der Waals surface area (Å²) in [5, 5.41) is 12.2. The van der Waals surface area contributed by atoms with Crippen molar-refractivity contribution in [2.24, 2.45) is 5.92 Å². The average molecular weight is 296 g/mol. The number of carbonyl (C=O) groups is 1. The Balaban J connectivity index is 2.28. The number of aliphatic carboxylic acids is 1. The minimum atomic E-state index is -0.717. The van der Waals surface area contributed by atoms with E-state index in [2.05, 4.69) is 38.0 Å². The summed E-state index contributed by atoms with van der Waals surface area (Å²) in [6.07, 6.45) is 4.36. The second-order valence-corrected chi connectivity index (χ2v) is 6.82. The van der Waals surface area contributed by atoms with Crippen LogP contribution in [0.4, 0.5) is 0 Å². The molecule has 5 heteroatoms. The molecule has 0 aliphatic carbocycles. The molecule has 1 aromatic rings. The molecule has 5 nitrogen and oxygen atoms in total. The second kappa shape index (κ2) is 7.59. The van der Waals surface area contributed by atoms with E-state index in [0.29, 0.717) is 24.9 Å². The van der Waals surface area contributed by atoms with Crippen molar-refractivity contribution >= 4 is 5.97 Å². The van der Waals surface area contributed by atoms with Gasteiger partial charge in [-0.25, -0.2) is 4.98 Å². The van der Waals surface area contributed by atoms with Crippen molar-refractivity contribution in [3.63, 3.8) is 0 Å². The first-order valence-electron chi connectivity index (χ1n) is 7.61. The summed E-state index contributed by atoms with van der Waals surface area (Å²) in [6, 6.07) is 0.316. The molecule has 0 saturated carbocycles. The lowest BCUT2D eigenvalue weighted by Gasteiger charge is -2.14. The van der Waals surface area contributed by atoms with Crippen LogP contribution in [0.25, 0.3) is 0 Å². The third-order valence-corrected chi connectivity index (χ3v) is 3.59. The van der Waals surface area contributed by atoms with Crippen molar-refractivity contribution in [3.8, 4) is 0 Å². The Morgan fingerprint density at radius 3 is 2.57 bits per heavy atom. The first-order chi connectivity index (χ1) is 9.70. The average Bonchev–Trinajstić information content (AvgIpc) is 2.84. The minimum Gasteiger partial charge on any atom is -0.481 e. The Labute approximate surface area is 127 Å². The molecule has 0 aromatic carbocycles. The standard InChI is InChI=1S/C16H28N2O3/c1-11(15(19)20)7-6-8-12(2)17-10-14-18-9-13(21-14)16(3,4)5/h9,11-12,17H,6-8,10H2,1-5H3,(H,19,20). The number of oxazole rings is 1. The van der Waals surface area contributed by atoms with E-state index >= 15 is 0 Å². The number of nitrogens with one attached hydrogen (secondary N) is 1. The van der Waals surface area contributed by atoms with Crippen LogP contribution >= 0.6 is 0 Å². The number of carboxylic acids is 1. The largest absolute Gasteiger partial charge is 0.481 e. The summed E-state index contributed by atoms with van der Waals surface area (Å²) in [7, 11) is 0. The van der Waals surface area contributed by atoms with Crippen LogP contribution in [0, 0.1) is 5.92 Å². The molecule has 2 N–H and O–H groups in total. The molecule has 0 amide bonds. The van der Waals surface area contributed by atoms with Gasteiger partial charge in [0.1, 0.15) is 5.76 Å². The van der Waals surface area contributed by atoms with Gasteiger partial charge in [0.15, 0.2) is 0 Å². The first kappa shape index (κ1) is 17.7. The summed E-state index contributed by atoms with van der Waals surface area (Å²) in [4.78, 5) is 15.0. The van der Waals surface area contributed by atoms with Gasteiger partial charge in [0.25, 0.3) is 0 Å². The van der Waals surface area contributed by atoms with Crippen molar-refractivity contribution in [1.82, 2.24) is 10.3 Å². The smallest absolute Gasteiger partial charge is 0.306 e. The predicted octanol–water partition coefficient (Wildman–Crippen LogP) is 3.34. The molecule has 0 aliphatic heterocycles. The van der Waals surface area contributed by atoms with Crippen molar-refractivity contribution in [3.05, 3.63) is 17.8 Å². The number of hydrogen-bond acceptors (Lipinski definition) is 4. The Hall–Kier alpha value is -1.36. The van der Waals surface area contributed by atoms with Gasteiger partial charge in [0, 0.05) is 11.5 Å². The van der Waals surface area contributed by atoms with E-state index < -0.39 is 5.97 Å². The van der Waals surface area contributed by atoms with Crippen molar-refractivity contribution in [2.45, 2.75) is 71.9 Å². The molecule has 0 spiro atoms. The number of aromatic nitrogens is 1. The van der Waals surface area contributed by atoms with Crippen LogP contribution in [-0.4, -0.2) is 22.1 Å². The van der Waals surface area contributed by atoms with Gasteiger partial charge >= 0.3 is 5.97 Å². The Morgan fingerprint density at radius 2 is 2.05 bits per heavy atom. The van der Waals surface area contributed by atoms with Crippen molar-refractivity contribution in [1.29, 1.82) is 0 Å². The van der Waals surface area contributed by atoms with E-state index in [1.54, 1.807) is 13.1 Å². The van der Waals surface area contributed by atoms with Crippen LogP contribution in [0.5, 0.6) is 0 Å². The van der Waals surface area contributed by atoms with Gasteiger partial charge in [-0.3, -0.25) is 4.79 Å². The Morgan fingerprint density at radius 1 is 1.38 bits per heavy atom. The van der Waals surface area contributed by atoms with Gasteiger partial charge in [0.05, 0.1) is 18.7 Å². The fraction of sp³-hybridized carbons (Fsp3) is 0.750. The fourth-order valence-corrected chi connectivity index (χ4v) is 1.96. The lowest BCUT2D eigenvalue weighted by Crippen LogP contribution is -2.25. The van der Waals surface area contributed by atoms with E-state index in [1.165, 1.54) is 0 Å². The fourth-order valence-electron chi connectivity index (χ4n) is 1.96. The molecule has 0 aliphatic rings. The van der Waals surface area contributed by atoms with Gasteiger partial charge in [-0.15, -0.1) is 0 Å². The van der Waals surface area contributed by atoms with Crippen LogP contribution in [-0.2, 0) is 16.8 Å². The first-order valence-corrected chi connectivity index (χ1v) is 7.61. The second-order valence-electron chi connectivity index (χ2n) is 6.82. The molecule has 1 aromatic heterocycles. The van der Waals surface area contributed by atoms with E-state index in [4.69, 9.17) is 9.52 Å². The molecule has 120 valence electrons. The topological polar surface area (TPSA) is 75.4 Å². The SMILES string of the molecule is CC(CCCC(C)C(=O)O)NCc1ncc(C(C)(C)C)o1. The molecule has 0 bridgehead atoms.